The minimum atomic E-state index is 0.894. The van der Waals surface area contributed by atoms with Crippen molar-refractivity contribution in [3.05, 3.63) is 90.6 Å². The van der Waals surface area contributed by atoms with Crippen LogP contribution in [0.4, 0.5) is 0 Å². The molecule has 5 rings (SSSR count). The molecule has 0 spiro atoms. The molecule has 0 N–H and O–H groups in total. The van der Waals surface area contributed by atoms with Gasteiger partial charge in [-0.05, 0) is 53.9 Å². The van der Waals surface area contributed by atoms with Gasteiger partial charge in [-0.15, -0.1) is 0 Å². The van der Waals surface area contributed by atoms with E-state index in [0.29, 0.717) is 0 Å². The van der Waals surface area contributed by atoms with Crippen LogP contribution in [0.3, 0.4) is 0 Å². The van der Waals surface area contributed by atoms with Crippen molar-refractivity contribution in [1.82, 2.24) is 4.98 Å². The van der Waals surface area contributed by atoms with E-state index in [4.69, 9.17) is 4.42 Å². The Balaban J connectivity index is 1.76. The van der Waals surface area contributed by atoms with Crippen molar-refractivity contribution in [3.8, 4) is 22.4 Å². The van der Waals surface area contributed by atoms with Gasteiger partial charge in [-0.25, -0.2) is 0 Å². The molecule has 2 aromatic heterocycles. The third-order valence-electron chi connectivity index (χ3n) is 4.80. The van der Waals surface area contributed by atoms with Crippen LogP contribution in [0.1, 0.15) is 5.56 Å². The molecule has 3 aromatic carbocycles. The summed E-state index contributed by atoms with van der Waals surface area (Å²) in [5, 5.41) is 2.26. The monoisotopic (exact) mass is 335 g/mol. The van der Waals surface area contributed by atoms with Gasteiger partial charge in [-0.3, -0.25) is 4.98 Å². The zero-order valence-electron chi connectivity index (χ0n) is 14.4. The van der Waals surface area contributed by atoms with Gasteiger partial charge in [-0.2, -0.15) is 0 Å². The second kappa shape index (κ2) is 5.85. The lowest BCUT2D eigenvalue weighted by Gasteiger charge is -2.02. The van der Waals surface area contributed by atoms with Gasteiger partial charge >= 0.3 is 0 Å². The molecule has 0 unspecified atom stereocenters. The van der Waals surface area contributed by atoms with E-state index in [1.54, 1.807) is 0 Å². The van der Waals surface area contributed by atoms with Crippen molar-refractivity contribution < 1.29 is 4.42 Å². The molecular weight excluding hydrogens is 318 g/mol. The summed E-state index contributed by atoms with van der Waals surface area (Å²) < 4.78 is 6.23. The molecule has 0 atom stereocenters. The molecule has 0 saturated heterocycles. The summed E-state index contributed by atoms with van der Waals surface area (Å²) in [4.78, 5) is 4.54. The number of para-hydroxylation sites is 1. The molecule has 2 heterocycles. The minimum absolute atomic E-state index is 0.894. The summed E-state index contributed by atoms with van der Waals surface area (Å²) in [5.74, 6) is 0. The maximum absolute atomic E-state index is 6.23. The molecule has 0 saturated carbocycles. The molecule has 0 aliphatic carbocycles. The SMILES string of the molecule is Cc1ccnc(-c2cccc3c2oc2ccc(-c4ccccc4)cc23)c1. The van der Waals surface area contributed by atoms with E-state index in [-0.39, 0.29) is 0 Å². The average molecular weight is 335 g/mol. The summed E-state index contributed by atoms with van der Waals surface area (Å²) in [5.41, 5.74) is 7.36. The first-order chi connectivity index (χ1) is 12.8. The minimum Gasteiger partial charge on any atom is -0.455 e. The van der Waals surface area contributed by atoms with Gasteiger partial charge in [0.2, 0.25) is 0 Å². The van der Waals surface area contributed by atoms with E-state index >= 15 is 0 Å². The number of nitrogens with zero attached hydrogens (tertiary/aromatic N) is 1. The molecule has 2 heteroatoms. The lowest BCUT2D eigenvalue weighted by molar-refractivity contribution is 0.670. The first kappa shape index (κ1) is 14.9. The number of aryl methyl sites for hydroxylation is 1. The van der Waals surface area contributed by atoms with Crippen molar-refractivity contribution in [2.75, 3.05) is 0 Å². The summed E-state index contributed by atoms with van der Waals surface area (Å²) >= 11 is 0. The van der Waals surface area contributed by atoms with E-state index in [1.165, 1.54) is 16.7 Å². The topological polar surface area (TPSA) is 26.0 Å². The number of hydrogen-bond acceptors (Lipinski definition) is 2. The first-order valence-electron chi connectivity index (χ1n) is 8.73. The molecule has 2 nitrogen and oxygen atoms in total. The van der Waals surface area contributed by atoms with Gasteiger partial charge in [0.05, 0.1) is 5.69 Å². The smallest absolute Gasteiger partial charge is 0.144 e. The van der Waals surface area contributed by atoms with E-state index in [0.717, 1.165) is 33.2 Å². The molecule has 0 radical (unpaired) electrons. The van der Waals surface area contributed by atoms with Crippen LogP contribution in [0.2, 0.25) is 0 Å². The van der Waals surface area contributed by atoms with Crippen molar-refractivity contribution in [3.63, 3.8) is 0 Å². The van der Waals surface area contributed by atoms with Crippen LogP contribution in [-0.2, 0) is 0 Å². The first-order valence-corrected chi connectivity index (χ1v) is 8.73. The van der Waals surface area contributed by atoms with Gasteiger partial charge in [0.15, 0.2) is 0 Å². The second-order valence-corrected chi connectivity index (χ2v) is 6.58. The Morgan fingerprint density at radius 3 is 2.46 bits per heavy atom. The van der Waals surface area contributed by atoms with E-state index in [9.17, 15) is 0 Å². The average Bonchev–Trinajstić information content (AvgIpc) is 3.06. The molecule has 0 bridgehead atoms. The fourth-order valence-corrected chi connectivity index (χ4v) is 3.49. The van der Waals surface area contributed by atoms with Gasteiger partial charge in [0.25, 0.3) is 0 Å². The molecule has 0 amide bonds. The van der Waals surface area contributed by atoms with Gasteiger partial charge in [0.1, 0.15) is 11.2 Å². The van der Waals surface area contributed by atoms with Crippen molar-refractivity contribution in [1.29, 1.82) is 0 Å². The number of benzene rings is 3. The van der Waals surface area contributed by atoms with E-state index < -0.39 is 0 Å². The fourth-order valence-electron chi connectivity index (χ4n) is 3.49. The number of furan rings is 1. The highest BCUT2D eigenvalue weighted by atomic mass is 16.3. The Labute approximate surface area is 151 Å². The van der Waals surface area contributed by atoms with Crippen LogP contribution in [0, 0.1) is 6.92 Å². The largest absolute Gasteiger partial charge is 0.455 e. The van der Waals surface area contributed by atoms with Crippen LogP contribution in [0.5, 0.6) is 0 Å². The molecular formula is C24H17NO. The maximum Gasteiger partial charge on any atom is 0.144 e. The third-order valence-corrected chi connectivity index (χ3v) is 4.80. The number of aromatic nitrogens is 1. The summed E-state index contributed by atoms with van der Waals surface area (Å²) in [6, 6.07) is 27.2. The fraction of sp³-hybridized carbons (Fsp3) is 0.0417. The van der Waals surface area contributed by atoms with Crippen molar-refractivity contribution in [2.45, 2.75) is 6.92 Å². The molecule has 0 aliphatic rings. The van der Waals surface area contributed by atoms with Crippen molar-refractivity contribution in [2.24, 2.45) is 0 Å². The normalized spacial score (nSPS) is 11.3. The lowest BCUT2D eigenvalue weighted by Crippen LogP contribution is -1.84. The lowest BCUT2D eigenvalue weighted by atomic mass is 10.0. The highest BCUT2D eigenvalue weighted by Crippen LogP contribution is 2.37. The number of rotatable bonds is 2. The van der Waals surface area contributed by atoms with E-state index in [2.05, 4.69) is 78.6 Å². The third kappa shape index (κ3) is 2.39. The Morgan fingerprint density at radius 2 is 1.62 bits per heavy atom. The Bertz CT molecular complexity index is 1240. The molecule has 0 aliphatic heterocycles. The molecule has 26 heavy (non-hydrogen) atoms. The van der Waals surface area contributed by atoms with Gasteiger partial charge in [0, 0.05) is 22.5 Å². The molecule has 5 aromatic rings. The second-order valence-electron chi connectivity index (χ2n) is 6.58. The predicted octanol–water partition coefficient (Wildman–Crippen LogP) is 6.62. The highest BCUT2D eigenvalue weighted by Gasteiger charge is 2.13. The highest BCUT2D eigenvalue weighted by molar-refractivity contribution is 6.10. The predicted molar refractivity (Wildman–Crippen MR) is 107 cm³/mol. The molecule has 124 valence electrons. The van der Waals surface area contributed by atoms with Crippen LogP contribution < -0.4 is 0 Å². The Morgan fingerprint density at radius 1 is 0.731 bits per heavy atom. The number of fused-ring (bicyclic) bond motifs is 3. The summed E-state index contributed by atoms with van der Waals surface area (Å²) in [6.45, 7) is 2.08. The summed E-state index contributed by atoms with van der Waals surface area (Å²) in [6.07, 6.45) is 1.85. The quantitative estimate of drug-likeness (QED) is 0.362. The van der Waals surface area contributed by atoms with Crippen LogP contribution in [0.25, 0.3) is 44.3 Å². The van der Waals surface area contributed by atoms with Crippen LogP contribution in [0.15, 0.2) is 89.5 Å². The van der Waals surface area contributed by atoms with E-state index in [1.807, 2.05) is 18.3 Å². The number of hydrogen-bond donors (Lipinski definition) is 0. The standard InChI is InChI=1S/C24H17NO/c1-16-12-13-25-22(14-16)20-9-5-8-19-21-15-18(17-6-3-2-4-7-17)10-11-23(21)26-24(19)20/h2-15H,1H3. The van der Waals surface area contributed by atoms with Crippen molar-refractivity contribution >= 4 is 21.9 Å². The number of pyridine rings is 1. The van der Waals surface area contributed by atoms with Crippen LogP contribution >= 0.6 is 0 Å². The van der Waals surface area contributed by atoms with Gasteiger partial charge < -0.3 is 4.42 Å². The maximum atomic E-state index is 6.23. The zero-order valence-corrected chi connectivity index (χ0v) is 14.4. The summed E-state index contributed by atoms with van der Waals surface area (Å²) in [7, 11) is 0. The van der Waals surface area contributed by atoms with Gasteiger partial charge in [-0.1, -0.05) is 48.5 Å². The molecule has 0 fully saturated rings. The zero-order chi connectivity index (χ0) is 17.5. The van der Waals surface area contributed by atoms with Crippen LogP contribution in [-0.4, -0.2) is 4.98 Å². The Kier molecular flexibility index (Phi) is 3.36. The Hall–Kier alpha value is -3.39.